The molecule has 0 bridgehead atoms. The van der Waals surface area contributed by atoms with Crippen molar-refractivity contribution in [2.24, 2.45) is 0 Å². The lowest BCUT2D eigenvalue weighted by Gasteiger charge is -2.18. The standard InChI is InChI=1S/C17H22ClNO2/c1-4-10-19-17(16-9-7-13(5-2)21-16)12-6-8-15(20-3)14(18)11-12/h6-9,11,17,19H,4-5,10H2,1-3H3. The van der Waals surface area contributed by atoms with Gasteiger partial charge in [0.2, 0.25) is 0 Å². The maximum atomic E-state index is 6.24. The Morgan fingerprint density at radius 1 is 1.24 bits per heavy atom. The molecule has 1 N–H and O–H groups in total. The van der Waals surface area contributed by atoms with Crippen molar-refractivity contribution in [2.75, 3.05) is 13.7 Å². The van der Waals surface area contributed by atoms with Gasteiger partial charge in [0.05, 0.1) is 18.2 Å². The van der Waals surface area contributed by atoms with Gasteiger partial charge in [-0.15, -0.1) is 0 Å². The molecular weight excluding hydrogens is 286 g/mol. The molecule has 0 fully saturated rings. The summed E-state index contributed by atoms with van der Waals surface area (Å²) in [5, 5.41) is 4.12. The minimum Gasteiger partial charge on any atom is -0.495 e. The summed E-state index contributed by atoms with van der Waals surface area (Å²) >= 11 is 6.24. The van der Waals surface area contributed by atoms with Crippen molar-refractivity contribution in [1.29, 1.82) is 0 Å². The fourth-order valence-corrected chi connectivity index (χ4v) is 2.54. The Bertz CT molecular complexity index is 580. The van der Waals surface area contributed by atoms with Crippen LogP contribution in [0.3, 0.4) is 0 Å². The summed E-state index contributed by atoms with van der Waals surface area (Å²) in [6, 6.07) is 9.91. The van der Waals surface area contributed by atoms with Gasteiger partial charge in [-0.05, 0) is 42.8 Å². The quantitative estimate of drug-likeness (QED) is 0.812. The van der Waals surface area contributed by atoms with Gasteiger partial charge >= 0.3 is 0 Å². The third-order valence-electron chi connectivity index (χ3n) is 3.42. The van der Waals surface area contributed by atoms with E-state index >= 15 is 0 Å². The molecule has 21 heavy (non-hydrogen) atoms. The van der Waals surface area contributed by atoms with Gasteiger partial charge in [-0.25, -0.2) is 0 Å². The summed E-state index contributed by atoms with van der Waals surface area (Å²) < 4.78 is 11.1. The lowest BCUT2D eigenvalue weighted by atomic mass is 10.0. The molecule has 0 amide bonds. The van der Waals surface area contributed by atoms with Crippen molar-refractivity contribution in [2.45, 2.75) is 32.7 Å². The van der Waals surface area contributed by atoms with E-state index in [1.165, 1.54) is 0 Å². The van der Waals surface area contributed by atoms with Crippen molar-refractivity contribution >= 4 is 11.6 Å². The molecule has 2 aromatic rings. The van der Waals surface area contributed by atoms with Crippen molar-refractivity contribution < 1.29 is 9.15 Å². The number of ether oxygens (including phenoxy) is 1. The molecule has 4 heteroatoms. The second-order valence-electron chi connectivity index (χ2n) is 4.94. The first-order valence-corrected chi connectivity index (χ1v) is 7.72. The number of halogens is 1. The molecule has 1 unspecified atom stereocenters. The SMILES string of the molecule is CCCNC(c1ccc(OC)c(Cl)c1)c1ccc(CC)o1. The Morgan fingerprint density at radius 2 is 2.05 bits per heavy atom. The average molecular weight is 308 g/mol. The van der Waals surface area contributed by atoms with Crippen LogP contribution < -0.4 is 10.1 Å². The molecule has 2 rings (SSSR count). The van der Waals surface area contributed by atoms with Gasteiger partial charge in [0.25, 0.3) is 0 Å². The van der Waals surface area contributed by atoms with E-state index < -0.39 is 0 Å². The monoisotopic (exact) mass is 307 g/mol. The highest BCUT2D eigenvalue weighted by Gasteiger charge is 2.18. The summed E-state index contributed by atoms with van der Waals surface area (Å²) in [4.78, 5) is 0. The number of furan rings is 1. The van der Waals surface area contributed by atoms with E-state index in [9.17, 15) is 0 Å². The van der Waals surface area contributed by atoms with Crippen LogP contribution in [0.1, 0.15) is 43.4 Å². The summed E-state index contributed by atoms with van der Waals surface area (Å²) in [5.74, 6) is 2.60. The minimum atomic E-state index is 0.00801. The van der Waals surface area contributed by atoms with E-state index in [2.05, 4.69) is 19.2 Å². The molecule has 3 nitrogen and oxygen atoms in total. The fourth-order valence-electron chi connectivity index (χ4n) is 2.27. The van der Waals surface area contributed by atoms with Crippen molar-refractivity contribution in [3.05, 3.63) is 52.4 Å². The van der Waals surface area contributed by atoms with Gasteiger partial charge in [0.15, 0.2) is 0 Å². The summed E-state index contributed by atoms with van der Waals surface area (Å²) in [5.41, 5.74) is 1.08. The Morgan fingerprint density at radius 3 is 2.62 bits per heavy atom. The smallest absolute Gasteiger partial charge is 0.137 e. The second kappa shape index (κ2) is 7.53. The molecule has 0 saturated carbocycles. The molecule has 0 saturated heterocycles. The Balaban J connectivity index is 2.32. The molecule has 0 aliphatic rings. The van der Waals surface area contributed by atoms with E-state index in [1.807, 2.05) is 30.3 Å². The Kier molecular flexibility index (Phi) is 5.71. The molecular formula is C17H22ClNO2. The van der Waals surface area contributed by atoms with Crippen LogP contribution in [0.4, 0.5) is 0 Å². The van der Waals surface area contributed by atoms with Crippen molar-refractivity contribution in [3.63, 3.8) is 0 Å². The van der Waals surface area contributed by atoms with Gasteiger partial charge in [-0.1, -0.05) is 31.5 Å². The molecule has 0 spiro atoms. The van der Waals surface area contributed by atoms with Gasteiger partial charge in [0.1, 0.15) is 17.3 Å². The zero-order valence-corrected chi connectivity index (χ0v) is 13.5. The van der Waals surface area contributed by atoms with Crippen LogP contribution in [0.5, 0.6) is 5.75 Å². The highest BCUT2D eigenvalue weighted by molar-refractivity contribution is 6.32. The normalized spacial score (nSPS) is 12.4. The largest absolute Gasteiger partial charge is 0.495 e. The van der Waals surface area contributed by atoms with Crippen LogP contribution in [0, 0.1) is 0 Å². The first-order valence-electron chi connectivity index (χ1n) is 7.35. The van der Waals surface area contributed by atoms with E-state index in [0.29, 0.717) is 10.8 Å². The second-order valence-corrected chi connectivity index (χ2v) is 5.35. The number of methoxy groups -OCH3 is 1. The number of hydrogen-bond donors (Lipinski definition) is 1. The Hall–Kier alpha value is -1.45. The number of aryl methyl sites for hydroxylation is 1. The van der Waals surface area contributed by atoms with E-state index in [0.717, 1.165) is 36.5 Å². The maximum Gasteiger partial charge on any atom is 0.137 e. The summed E-state index contributed by atoms with van der Waals surface area (Å²) in [6.07, 6.45) is 1.95. The zero-order valence-electron chi connectivity index (χ0n) is 12.8. The van der Waals surface area contributed by atoms with Crippen LogP contribution >= 0.6 is 11.6 Å². The van der Waals surface area contributed by atoms with Crippen LogP contribution in [-0.4, -0.2) is 13.7 Å². The highest BCUT2D eigenvalue weighted by atomic mass is 35.5. The first kappa shape index (κ1) is 15.9. The molecule has 1 aromatic heterocycles. The number of nitrogens with one attached hydrogen (secondary N) is 1. The molecule has 1 atom stereocenters. The van der Waals surface area contributed by atoms with Crippen LogP contribution in [0.25, 0.3) is 0 Å². The summed E-state index contributed by atoms with van der Waals surface area (Å²) in [6.45, 7) is 5.14. The molecule has 114 valence electrons. The minimum absolute atomic E-state index is 0.00801. The highest BCUT2D eigenvalue weighted by Crippen LogP contribution is 2.31. The predicted octanol–water partition coefficient (Wildman–Crippen LogP) is 4.59. The topological polar surface area (TPSA) is 34.4 Å². The lowest BCUT2D eigenvalue weighted by Crippen LogP contribution is -2.22. The van der Waals surface area contributed by atoms with Gasteiger partial charge < -0.3 is 14.5 Å². The lowest BCUT2D eigenvalue weighted by molar-refractivity contribution is 0.412. The van der Waals surface area contributed by atoms with E-state index in [-0.39, 0.29) is 6.04 Å². The zero-order chi connectivity index (χ0) is 15.2. The number of hydrogen-bond acceptors (Lipinski definition) is 3. The number of rotatable bonds is 7. The van der Waals surface area contributed by atoms with E-state index in [1.54, 1.807) is 7.11 Å². The third kappa shape index (κ3) is 3.80. The molecule has 1 heterocycles. The molecule has 1 aromatic carbocycles. The van der Waals surface area contributed by atoms with Gasteiger partial charge in [-0.2, -0.15) is 0 Å². The van der Waals surface area contributed by atoms with Crippen LogP contribution in [0.15, 0.2) is 34.7 Å². The van der Waals surface area contributed by atoms with E-state index in [4.69, 9.17) is 20.8 Å². The van der Waals surface area contributed by atoms with Crippen LogP contribution in [0.2, 0.25) is 5.02 Å². The molecule has 0 radical (unpaired) electrons. The first-order chi connectivity index (χ1) is 10.2. The number of benzene rings is 1. The molecule has 0 aliphatic carbocycles. The molecule has 0 aliphatic heterocycles. The van der Waals surface area contributed by atoms with Crippen LogP contribution in [-0.2, 0) is 6.42 Å². The fraction of sp³-hybridized carbons (Fsp3) is 0.412. The average Bonchev–Trinajstić information content (AvgIpc) is 2.96. The van der Waals surface area contributed by atoms with Gasteiger partial charge in [0, 0.05) is 6.42 Å². The van der Waals surface area contributed by atoms with Gasteiger partial charge in [-0.3, -0.25) is 0 Å². The summed E-state index contributed by atoms with van der Waals surface area (Å²) in [7, 11) is 1.62. The predicted molar refractivity (Wildman–Crippen MR) is 86.2 cm³/mol. The maximum absolute atomic E-state index is 6.24. The van der Waals surface area contributed by atoms with Crippen molar-refractivity contribution in [3.8, 4) is 5.75 Å². The Labute approximate surface area is 131 Å². The third-order valence-corrected chi connectivity index (χ3v) is 3.72. The van der Waals surface area contributed by atoms with Crippen molar-refractivity contribution in [1.82, 2.24) is 5.32 Å².